The third-order valence-corrected chi connectivity index (χ3v) is 6.98. The molecule has 0 aliphatic heterocycles. The van der Waals surface area contributed by atoms with E-state index >= 15 is 0 Å². The van der Waals surface area contributed by atoms with Crippen LogP contribution in [0.2, 0.25) is 0 Å². The predicted octanol–water partition coefficient (Wildman–Crippen LogP) is 7.00. The lowest BCUT2D eigenvalue weighted by atomic mass is 9.66. The number of nitriles is 1. The first-order chi connectivity index (χ1) is 15.0. The fraction of sp³-hybridized carbons (Fsp3) is 0.519. The zero-order chi connectivity index (χ0) is 22.3. The number of halogens is 2. The van der Waals surface area contributed by atoms with Crippen molar-refractivity contribution in [2.75, 3.05) is 6.54 Å². The van der Waals surface area contributed by atoms with Crippen LogP contribution in [0, 0.1) is 28.9 Å². The number of benzene rings is 2. The van der Waals surface area contributed by atoms with E-state index in [0.717, 1.165) is 51.6 Å². The van der Waals surface area contributed by atoms with Gasteiger partial charge < -0.3 is 0 Å². The Morgan fingerprint density at radius 3 is 2.29 bits per heavy atom. The van der Waals surface area contributed by atoms with Gasteiger partial charge in [0.05, 0.1) is 11.5 Å². The molecule has 2 atom stereocenters. The van der Waals surface area contributed by atoms with Crippen molar-refractivity contribution in [3.63, 3.8) is 0 Å². The number of hydrogen-bond acceptors (Lipinski definition) is 2. The van der Waals surface area contributed by atoms with Crippen molar-refractivity contribution >= 4 is 0 Å². The first kappa shape index (κ1) is 23.4. The van der Waals surface area contributed by atoms with Gasteiger partial charge >= 0.3 is 0 Å². The van der Waals surface area contributed by atoms with Gasteiger partial charge in [0.25, 0.3) is 0 Å². The standard InChI is InChI=1S/C27H34F2N2/c1-3-18-31(19-22-10-5-4-6-11-22)21(2)16-17-27(20-30,23-12-7-8-13-23)26-24(28)14-9-15-25(26)29/h4-6,9-11,14-15,21,23H,3,7-8,12-13,16-19H2,1-2H3. The number of nitrogens with zero attached hydrogens (tertiary/aromatic N) is 2. The Labute approximate surface area is 185 Å². The fourth-order valence-corrected chi connectivity index (χ4v) is 5.26. The van der Waals surface area contributed by atoms with Crippen LogP contribution in [0.25, 0.3) is 0 Å². The highest BCUT2D eigenvalue weighted by Gasteiger charge is 2.45. The summed E-state index contributed by atoms with van der Waals surface area (Å²) in [7, 11) is 0. The molecular formula is C27H34F2N2. The molecule has 0 amide bonds. The molecule has 3 rings (SSSR count). The monoisotopic (exact) mass is 424 g/mol. The topological polar surface area (TPSA) is 27.0 Å². The van der Waals surface area contributed by atoms with Crippen LogP contribution in [-0.4, -0.2) is 17.5 Å². The quantitative estimate of drug-likeness (QED) is 0.411. The maximum Gasteiger partial charge on any atom is 0.130 e. The molecule has 166 valence electrons. The van der Waals surface area contributed by atoms with Crippen molar-refractivity contribution in [1.82, 2.24) is 4.90 Å². The molecule has 0 spiro atoms. The molecule has 0 heterocycles. The lowest BCUT2D eigenvalue weighted by Gasteiger charge is -2.36. The van der Waals surface area contributed by atoms with E-state index in [2.05, 4.69) is 36.9 Å². The minimum atomic E-state index is -1.11. The van der Waals surface area contributed by atoms with E-state index in [1.54, 1.807) is 0 Å². The van der Waals surface area contributed by atoms with E-state index in [-0.39, 0.29) is 17.5 Å². The Bertz CT molecular complexity index is 850. The molecule has 2 aromatic carbocycles. The Balaban J connectivity index is 1.85. The zero-order valence-corrected chi connectivity index (χ0v) is 18.8. The van der Waals surface area contributed by atoms with Crippen LogP contribution in [0.4, 0.5) is 8.78 Å². The van der Waals surface area contributed by atoms with Gasteiger partial charge in [0.15, 0.2) is 0 Å². The molecule has 31 heavy (non-hydrogen) atoms. The predicted molar refractivity (Wildman–Crippen MR) is 121 cm³/mol. The summed E-state index contributed by atoms with van der Waals surface area (Å²) in [5, 5.41) is 10.3. The highest BCUT2D eigenvalue weighted by Crippen LogP contribution is 2.47. The molecule has 2 aromatic rings. The van der Waals surface area contributed by atoms with Crippen molar-refractivity contribution in [2.45, 2.75) is 76.8 Å². The van der Waals surface area contributed by atoms with Crippen molar-refractivity contribution in [3.8, 4) is 6.07 Å². The molecule has 1 saturated carbocycles. The Morgan fingerprint density at radius 2 is 1.71 bits per heavy atom. The van der Waals surface area contributed by atoms with Gasteiger partial charge in [-0.05, 0) is 69.2 Å². The summed E-state index contributed by atoms with van der Waals surface area (Å²) in [6.07, 6.45) is 6.00. The third-order valence-electron chi connectivity index (χ3n) is 6.98. The van der Waals surface area contributed by atoms with Gasteiger partial charge in [-0.1, -0.05) is 56.2 Å². The van der Waals surface area contributed by atoms with Gasteiger partial charge in [-0.25, -0.2) is 8.78 Å². The van der Waals surface area contributed by atoms with E-state index in [1.165, 1.54) is 23.8 Å². The largest absolute Gasteiger partial charge is 0.296 e. The average Bonchev–Trinajstić information content (AvgIpc) is 3.31. The lowest BCUT2D eigenvalue weighted by Crippen LogP contribution is -2.39. The molecule has 0 saturated heterocycles. The molecule has 0 radical (unpaired) electrons. The first-order valence-corrected chi connectivity index (χ1v) is 11.7. The summed E-state index contributed by atoms with van der Waals surface area (Å²) in [6.45, 7) is 6.13. The first-order valence-electron chi connectivity index (χ1n) is 11.7. The average molecular weight is 425 g/mol. The highest BCUT2D eigenvalue weighted by atomic mass is 19.1. The minimum Gasteiger partial charge on any atom is -0.296 e. The van der Waals surface area contributed by atoms with Crippen LogP contribution in [0.1, 0.15) is 69.9 Å². The molecular weight excluding hydrogens is 390 g/mol. The number of hydrogen-bond donors (Lipinski definition) is 0. The van der Waals surface area contributed by atoms with Crippen LogP contribution in [-0.2, 0) is 12.0 Å². The lowest BCUT2D eigenvalue weighted by molar-refractivity contribution is 0.173. The summed E-state index contributed by atoms with van der Waals surface area (Å²) in [6, 6.07) is 17.0. The highest BCUT2D eigenvalue weighted by molar-refractivity contribution is 5.36. The molecule has 1 fully saturated rings. The van der Waals surface area contributed by atoms with E-state index < -0.39 is 17.0 Å². The van der Waals surface area contributed by atoms with E-state index in [0.29, 0.717) is 6.42 Å². The molecule has 0 bridgehead atoms. The van der Waals surface area contributed by atoms with E-state index in [9.17, 15) is 14.0 Å². The molecule has 1 aliphatic rings. The van der Waals surface area contributed by atoms with Crippen LogP contribution < -0.4 is 0 Å². The van der Waals surface area contributed by atoms with Crippen molar-refractivity contribution in [1.29, 1.82) is 5.26 Å². The minimum absolute atomic E-state index is 0.00449. The van der Waals surface area contributed by atoms with Gasteiger partial charge in [-0.2, -0.15) is 5.26 Å². The summed E-state index contributed by atoms with van der Waals surface area (Å²) >= 11 is 0. The summed E-state index contributed by atoms with van der Waals surface area (Å²) < 4.78 is 29.8. The molecule has 0 aromatic heterocycles. The van der Waals surface area contributed by atoms with Crippen LogP contribution in [0.5, 0.6) is 0 Å². The Kier molecular flexibility index (Phi) is 8.21. The second kappa shape index (κ2) is 10.9. The Morgan fingerprint density at radius 1 is 1.06 bits per heavy atom. The van der Waals surface area contributed by atoms with Crippen molar-refractivity contribution < 1.29 is 8.78 Å². The molecule has 2 nitrogen and oxygen atoms in total. The zero-order valence-electron chi connectivity index (χ0n) is 18.8. The second-order valence-corrected chi connectivity index (χ2v) is 9.00. The van der Waals surface area contributed by atoms with Crippen LogP contribution >= 0.6 is 0 Å². The fourth-order valence-electron chi connectivity index (χ4n) is 5.26. The molecule has 1 aliphatic carbocycles. The number of rotatable bonds is 10. The molecule has 4 heteroatoms. The van der Waals surface area contributed by atoms with Crippen LogP contribution in [0.3, 0.4) is 0 Å². The third kappa shape index (κ3) is 5.33. The van der Waals surface area contributed by atoms with Gasteiger partial charge in [0.2, 0.25) is 0 Å². The molecule has 2 unspecified atom stereocenters. The SMILES string of the molecule is CCCN(Cc1ccccc1)C(C)CCC(C#N)(c1c(F)cccc1F)C1CCCC1. The molecule has 0 N–H and O–H groups in total. The maximum atomic E-state index is 14.9. The maximum absolute atomic E-state index is 14.9. The van der Waals surface area contributed by atoms with E-state index in [1.807, 2.05) is 18.2 Å². The van der Waals surface area contributed by atoms with Crippen molar-refractivity contribution in [3.05, 3.63) is 71.3 Å². The second-order valence-electron chi connectivity index (χ2n) is 9.00. The summed E-state index contributed by atoms with van der Waals surface area (Å²) in [5.74, 6) is -1.17. The van der Waals surface area contributed by atoms with Crippen molar-refractivity contribution in [2.24, 2.45) is 5.92 Å². The summed E-state index contributed by atoms with van der Waals surface area (Å²) in [5.41, 5.74) is 0.136. The van der Waals surface area contributed by atoms with Gasteiger partial charge in [0, 0.05) is 18.2 Å². The van der Waals surface area contributed by atoms with Gasteiger partial charge in [-0.3, -0.25) is 4.90 Å². The van der Waals surface area contributed by atoms with E-state index in [4.69, 9.17) is 0 Å². The van der Waals surface area contributed by atoms with Crippen LogP contribution in [0.15, 0.2) is 48.5 Å². The normalized spacial score (nSPS) is 17.4. The van der Waals surface area contributed by atoms with Gasteiger partial charge in [-0.15, -0.1) is 0 Å². The summed E-state index contributed by atoms with van der Waals surface area (Å²) in [4.78, 5) is 2.42. The smallest absolute Gasteiger partial charge is 0.130 e. The van der Waals surface area contributed by atoms with Gasteiger partial charge in [0.1, 0.15) is 11.6 Å². The Hall–Kier alpha value is -2.25.